The summed E-state index contributed by atoms with van der Waals surface area (Å²) < 4.78 is 4.94. The van der Waals surface area contributed by atoms with Gasteiger partial charge in [-0.1, -0.05) is 0 Å². The highest BCUT2D eigenvalue weighted by atomic mass is 16.5. The average molecular weight is 190 g/mol. The molecule has 1 amide bonds. The first-order valence-corrected chi connectivity index (χ1v) is 4.27. The van der Waals surface area contributed by atoms with E-state index in [1.54, 1.807) is 6.92 Å². The van der Waals surface area contributed by atoms with E-state index in [-0.39, 0.29) is 31.1 Å². The number of aliphatic hydroxyl groups is 1. The Balaban J connectivity index is 3.72. The predicted octanol–water partition coefficient (Wildman–Crippen LogP) is -1.15. The number of methoxy groups -OCH3 is 1. The molecule has 0 radical (unpaired) electrons. The number of hydrogen-bond donors (Lipinski definition) is 3. The van der Waals surface area contributed by atoms with Crippen LogP contribution in [-0.4, -0.2) is 43.4 Å². The summed E-state index contributed by atoms with van der Waals surface area (Å²) in [5.74, 6) is -0.154. The van der Waals surface area contributed by atoms with Gasteiger partial charge in [0, 0.05) is 19.7 Å². The second-order valence-electron chi connectivity index (χ2n) is 2.95. The second-order valence-corrected chi connectivity index (χ2v) is 2.95. The lowest BCUT2D eigenvalue weighted by molar-refractivity contribution is -0.124. The van der Waals surface area contributed by atoms with Gasteiger partial charge in [0.05, 0.1) is 19.1 Å². The number of ether oxygens (including phenoxy) is 1. The van der Waals surface area contributed by atoms with Crippen LogP contribution in [0.5, 0.6) is 0 Å². The number of amides is 1. The van der Waals surface area contributed by atoms with Crippen LogP contribution in [0.15, 0.2) is 0 Å². The Morgan fingerprint density at radius 3 is 2.69 bits per heavy atom. The van der Waals surface area contributed by atoms with Crippen LogP contribution < -0.4 is 11.1 Å². The van der Waals surface area contributed by atoms with Gasteiger partial charge in [0.15, 0.2) is 0 Å². The third kappa shape index (κ3) is 5.57. The molecule has 78 valence electrons. The van der Waals surface area contributed by atoms with Crippen molar-refractivity contribution in [3.8, 4) is 0 Å². The molecule has 0 rings (SSSR count). The van der Waals surface area contributed by atoms with Crippen LogP contribution in [0.4, 0.5) is 0 Å². The molecule has 0 aromatic rings. The van der Waals surface area contributed by atoms with Crippen molar-refractivity contribution in [1.29, 1.82) is 0 Å². The molecule has 13 heavy (non-hydrogen) atoms. The highest BCUT2D eigenvalue weighted by molar-refractivity contribution is 5.76. The van der Waals surface area contributed by atoms with E-state index in [9.17, 15) is 4.79 Å². The normalized spacial score (nSPS) is 15.1. The maximum absolute atomic E-state index is 11.2. The van der Waals surface area contributed by atoms with Crippen molar-refractivity contribution in [2.45, 2.75) is 25.5 Å². The smallest absolute Gasteiger partial charge is 0.222 e. The van der Waals surface area contributed by atoms with Crippen LogP contribution in [0.3, 0.4) is 0 Å². The van der Waals surface area contributed by atoms with Crippen molar-refractivity contribution < 1.29 is 14.6 Å². The van der Waals surface area contributed by atoms with E-state index in [2.05, 4.69) is 5.32 Å². The molecule has 0 aliphatic carbocycles. The van der Waals surface area contributed by atoms with Crippen LogP contribution in [0, 0.1) is 0 Å². The van der Waals surface area contributed by atoms with Gasteiger partial charge in [0.1, 0.15) is 0 Å². The first kappa shape index (κ1) is 12.3. The van der Waals surface area contributed by atoms with Gasteiger partial charge in [-0.25, -0.2) is 0 Å². The van der Waals surface area contributed by atoms with Gasteiger partial charge in [-0.15, -0.1) is 0 Å². The highest BCUT2D eigenvalue weighted by Gasteiger charge is 2.12. The number of nitrogens with two attached hydrogens (primary N) is 1. The average Bonchev–Trinajstić information content (AvgIpc) is 2.13. The molecule has 5 nitrogen and oxygen atoms in total. The minimum absolute atomic E-state index is 0.0635. The van der Waals surface area contributed by atoms with Crippen LogP contribution in [0.1, 0.15) is 13.3 Å². The molecule has 0 spiro atoms. The molecule has 0 aliphatic rings. The van der Waals surface area contributed by atoms with Gasteiger partial charge < -0.3 is 20.9 Å². The highest BCUT2D eigenvalue weighted by Crippen LogP contribution is 1.94. The molecule has 0 aliphatic heterocycles. The summed E-state index contributed by atoms with van der Waals surface area (Å²) in [5.41, 5.74) is 5.34. The van der Waals surface area contributed by atoms with E-state index in [4.69, 9.17) is 15.6 Å². The monoisotopic (exact) mass is 190 g/mol. The lowest BCUT2D eigenvalue weighted by atomic mass is 10.2. The fraction of sp³-hybridized carbons (Fsp3) is 0.875. The molecule has 0 fully saturated rings. The van der Waals surface area contributed by atoms with Crippen molar-refractivity contribution in [2.24, 2.45) is 5.73 Å². The van der Waals surface area contributed by atoms with Gasteiger partial charge >= 0.3 is 0 Å². The summed E-state index contributed by atoms with van der Waals surface area (Å²) in [7, 11) is 1.51. The molecular formula is C8H18N2O3. The molecule has 0 aromatic carbocycles. The maximum Gasteiger partial charge on any atom is 0.222 e. The minimum Gasteiger partial charge on any atom is -0.394 e. The Kier molecular flexibility index (Phi) is 6.48. The molecule has 2 unspecified atom stereocenters. The first-order chi connectivity index (χ1) is 6.13. The molecule has 5 heteroatoms. The summed E-state index contributed by atoms with van der Waals surface area (Å²) in [6.07, 6.45) is -0.0111. The van der Waals surface area contributed by atoms with Crippen molar-refractivity contribution >= 4 is 5.91 Å². The molecule has 4 N–H and O–H groups in total. The van der Waals surface area contributed by atoms with Gasteiger partial charge in [-0.05, 0) is 6.92 Å². The van der Waals surface area contributed by atoms with Gasteiger partial charge in [-0.3, -0.25) is 4.79 Å². The van der Waals surface area contributed by atoms with E-state index in [0.717, 1.165) is 0 Å². The van der Waals surface area contributed by atoms with Crippen LogP contribution in [-0.2, 0) is 9.53 Å². The summed E-state index contributed by atoms with van der Waals surface area (Å²) in [5, 5.41) is 11.3. The Morgan fingerprint density at radius 2 is 2.31 bits per heavy atom. The number of carbonyl (C=O) groups is 1. The fourth-order valence-corrected chi connectivity index (χ4v) is 0.849. The lowest BCUT2D eigenvalue weighted by Crippen LogP contribution is -2.38. The van der Waals surface area contributed by atoms with E-state index in [1.807, 2.05) is 0 Å². The van der Waals surface area contributed by atoms with Crippen LogP contribution in [0.2, 0.25) is 0 Å². The standard InChI is InChI=1S/C8H18N2O3/c1-6(5-11)10-8(12)3-7(4-9)13-2/h6-7,11H,3-5,9H2,1-2H3,(H,10,12). The zero-order chi connectivity index (χ0) is 10.3. The third-order valence-corrected chi connectivity index (χ3v) is 1.69. The van der Waals surface area contributed by atoms with Gasteiger partial charge in [0.2, 0.25) is 5.91 Å². The number of nitrogens with one attached hydrogen (secondary N) is 1. The van der Waals surface area contributed by atoms with Crippen molar-refractivity contribution in [3.63, 3.8) is 0 Å². The van der Waals surface area contributed by atoms with Crippen molar-refractivity contribution in [3.05, 3.63) is 0 Å². The zero-order valence-corrected chi connectivity index (χ0v) is 8.12. The van der Waals surface area contributed by atoms with Crippen LogP contribution >= 0.6 is 0 Å². The summed E-state index contributed by atoms with van der Waals surface area (Å²) >= 11 is 0. The molecular weight excluding hydrogens is 172 g/mol. The molecule has 2 atom stereocenters. The molecule has 0 aromatic heterocycles. The number of aliphatic hydroxyl groups excluding tert-OH is 1. The Morgan fingerprint density at radius 1 is 1.69 bits per heavy atom. The summed E-state index contributed by atoms with van der Waals surface area (Å²) in [6, 6.07) is -0.220. The third-order valence-electron chi connectivity index (χ3n) is 1.69. The predicted molar refractivity (Wildman–Crippen MR) is 49.2 cm³/mol. The maximum atomic E-state index is 11.2. The van der Waals surface area contributed by atoms with Crippen LogP contribution in [0.25, 0.3) is 0 Å². The number of rotatable bonds is 6. The van der Waals surface area contributed by atoms with Crippen molar-refractivity contribution in [2.75, 3.05) is 20.3 Å². The second kappa shape index (κ2) is 6.82. The molecule has 0 saturated carbocycles. The summed E-state index contributed by atoms with van der Waals surface area (Å²) in [4.78, 5) is 11.2. The summed E-state index contributed by atoms with van der Waals surface area (Å²) in [6.45, 7) is 1.98. The Hall–Kier alpha value is -0.650. The molecule has 0 bridgehead atoms. The Bertz CT molecular complexity index is 148. The van der Waals surface area contributed by atoms with Gasteiger partial charge in [-0.2, -0.15) is 0 Å². The SMILES string of the molecule is COC(CN)CC(=O)NC(C)CO. The van der Waals surface area contributed by atoms with E-state index < -0.39 is 0 Å². The fourth-order valence-electron chi connectivity index (χ4n) is 0.849. The Labute approximate surface area is 78.3 Å². The van der Waals surface area contributed by atoms with E-state index >= 15 is 0 Å². The number of carbonyl (C=O) groups excluding carboxylic acids is 1. The lowest BCUT2D eigenvalue weighted by Gasteiger charge is -2.15. The topological polar surface area (TPSA) is 84.6 Å². The minimum atomic E-state index is -0.245. The van der Waals surface area contributed by atoms with Gasteiger partial charge in [0.25, 0.3) is 0 Å². The van der Waals surface area contributed by atoms with E-state index in [1.165, 1.54) is 7.11 Å². The first-order valence-electron chi connectivity index (χ1n) is 4.27. The molecule has 0 saturated heterocycles. The number of hydrogen-bond acceptors (Lipinski definition) is 4. The van der Waals surface area contributed by atoms with E-state index in [0.29, 0.717) is 6.54 Å². The van der Waals surface area contributed by atoms with Crippen molar-refractivity contribution in [1.82, 2.24) is 5.32 Å². The largest absolute Gasteiger partial charge is 0.394 e. The molecule has 0 heterocycles. The quantitative estimate of drug-likeness (QED) is 0.493. The zero-order valence-electron chi connectivity index (χ0n) is 8.12.